The van der Waals surface area contributed by atoms with Gasteiger partial charge in [0, 0.05) is 27.7 Å². The van der Waals surface area contributed by atoms with Gasteiger partial charge in [-0.15, -0.1) is 10.2 Å². The molecule has 3 aromatic rings. The third-order valence-corrected chi connectivity index (χ3v) is 5.24. The minimum Gasteiger partial charge on any atom is -0.302 e. The van der Waals surface area contributed by atoms with E-state index in [0.29, 0.717) is 21.4 Å². The Labute approximate surface area is 166 Å². The van der Waals surface area contributed by atoms with E-state index in [-0.39, 0.29) is 5.78 Å². The summed E-state index contributed by atoms with van der Waals surface area (Å²) in [6.07, 6.45) is 0.942. The van der Waals surface area contributed by atoms with Crippen molar-refractivity contribution in [1.29, 1.82) is 0 Å². The quantitative estimate of drug-likeness (QED) is 0.377. The maximum atomic E-state index is 12.4. The van der Waals surface area contributed by atoms with Crippen molar-refractivity contribution in [3.8, 4) is 11.4 Å². The van der Waals surface area contributed by atoms with Crippen molar-refractivity contribution in [1.82, 2.24) is 14.8 Å². The zero-order chi connectivity index (χ0) is 18.5. The first-order valence-electron chi connectivity index (χ1n) is 8.19. The molecule has 2 aromatic carbocycles. The lowest BCUT2D eigenvalue weighted by atomic mass is 10.1. The van der Waals surface area contributed by atoms with E-state index in [1.54, 1.807) is 24.3 Å². The predicted octanol–water partition coefficient (Wildman–Crippen LogP) is 5.64. The Morgan fingerprint density at radius 1 is 1.00 bits per heavy atom. The van der Waals surface area contributed by atoms with Crippen LogP contribution in [0.15, 0.2) is 53.7 Å². The number of carbonyl (C=O) groups excluding carboxylic acids is 1. The molecule has 4 nitrogen and oxygen atoms in total. The fourth-order valence-electron chi connectivity index (χ4n) is 2.48. The molecule has 0 saturated heterocycles. The third-order valence-electron chi connectivity index (χ3n) is 3.77. The molecule has 0 radical (unpaired) electrons. The predicted molar refractivity (Wildman–Crippen MR) is 107 cm³/mol. The molecule has 3 rings (SSSR count). The van der Waals surface area contributed by atoms with Crippen molar-refractivity contribution in [3.05, 3.63) is 64.1 Å². The van der Waals surface area contributed by atoms with Gasteiger partial charge in [-0.05, 0) is 55.0 Å². The van der Waals surface area contributed by atoms with E-state index in [9.17, 15) is 4.79 Å². The van der Waals surface area contributed by atoms with Gasteiger partial charge >= 0.3 is 0 Å². The normalized spacial score (nSPS) is 10.9. The van der Waals surface area contributed by atoms with Crippen LogP contribution in [0.3, 0.4) is 0 Å². The summed E-state index contributed by atoms with van der Waals surface area (Å²) in [5.74, 6) is 1.11. The van der Waals surface area contributed by atoms with Crippen LogP contribution in [0.4, 0.5) is 0 Å². The lowest BCUT2D eigenvalue weighted by Gasteiger charge is -2.09. The fourth-order valence-corrected chi connectivity index (χ4v) is 3.59. The van der Waals surface area contributed by atoms with Gasteiger partial charge in [0.15, 0.2) is 16.8 Å². The Balaban J connectivity index is 1.78. The first-order valence-corrected chi connectivity index (χ1v) is 9.93. The summed E-state index contributed by atoms with van der Waals surface area (Å²) < 4.78 is 2.04. The Hall–Kier alpha value is -1.82. The molecular weight excluding hydrogens is 389 g/mol. The maximum Gasteiger partial charge on any atom is 0.191 e. The molecule has 7 heteroatoms. The number of thioether (sulfide) groups is 1. The van der Waals surface area contributed by atoms with Crippen molar-refractivity contribution in [2.24, 2.45) is 0 Å². The molecule has 0 aliphatic heterocycles. The summed E-state index contributed by atoms with van der Waals surface area (Å²) in [7, 11) is 0. The summed E-state index contributed by atoms with van der Waals surface area (Å²) in [5.41, 5.74) is 1.59. The molecule has 0 saturated carbocycles. The van der Waals surface area contributed by atoms with Gasteiger partial charge in [-0.1, -0.05) is 41.9 Å². The Bertz CT molecular complexity index is 892. The molecule has 0 aliphatic rings. The summed E-state index contributed by atoms with van der Waals surface area (Å²) in [5, 5.41) is 10.6. The highest BCUT2D eigenvalue weighted by Gasteiger charge is 2.16. The monoisotopic (exact) mass is 405 g/mol. The lowest BCUT2D eigenvalue weighted by Crippen LogP contribution is -2.06. The van der Waals surface area contributed by atoms with Crippen molar-refractivity contribution in [2.75, 3.05) is 5.75 Å². The number of hydrogen-bond acceptors (Lipinski definition) is 4. The molecule has 1 aromatic heterocycles. The van der Waals surface area contributed by atoms with Crippen LogP contribution in [0, 0.1) is 0 Å². The Morgan fingerprint density at radius 3 is 2.23 bits per heavy atom. The van der Waals surface area contributed by atoms with Crippen molar-refractivity contribution in [3.63, 3.8) is 0 Å². The number of aromatic nitrogens is 3. The van der Waals surface area contributed by atoms with Gasteiger partial charge < -0.3 is 4.57 Å². The van der Waals surface area contributed by atoms with E-state index < -0.39 is 0 Å². The molecule has 0 spiro atoms. The van der Waals surface area contributed by atoms with Gasteiger partial charge in [0.1, 0.15) is 0 Å². The van der Waals surface area contributed by atoms with Crippen LogP contribution in [-0.2, 0) is 6.54 Å². The van der Waals surface area contributed by atoms with Gasteiger partial charge in [0.2, 0.25) is 0 Å². The van der Waals surface area contributed by atoms with Gasteiger partial charge in [-0.3, -0.25) is 4.79 Å². The van der Waals surface area contributed by atoms with Crippen LogP contribution in [0.2, 0.25) is 10.0 Å². The second-order valence-corrected chi connectivity index (χ2v) is 7.50. The fraction of sp³-hybridized carbons (Fsp3) is 0.211. The SMILES string of the molecule is CCCn1c(SCC(=O)c2ccc(Cl)cc2)nnc1-c1ccc(Cl)cc1. The third kappa shape index (κ3) is 4.47. The van der Waals surface area contributed by atoms with E-state index in [1.807, 2.05) is 28.8 Å². The van der Waals surface area contributed by atoms with Gasteiger partial charge in [0.05, 0.1) is 5.75 Å². The number of carbonyl (C=O) groups is 1. The Morgan fingerprint density at radius 2 is 1.62 bits per heavy atom. The minimum atomic E-state index is 0.0331. The average molecular weight is 406 g/mol. The molecule has 1 heterocycles. The van der Waals surface area contributed by atoms with Crippen molar-refractivity contribution >= 4 is 40.7 Å². The number of rotatable bonds is 7. The highest BCUT2D eigenvalue weighted by molar-refractivity contribution is 7.99. The topological polar surface area (TPSA) is 47.8 Å². The van der Waals surface area contributed by atoms with Crippen molar-refractivity contribution in [2.45, 2.75) is 25.0 Å². The number of benzene rings is 2. The second-order valence-electron chi connectivity index (χ2n) is 5.68. The molecule has 0 N–H and O–H groups in total. The van der Waals surface area contributed by atoms with Gasteiger partial charge in [0.25, 0.3) is 0 Å². The zero-order valence-electron chi connectivity index (χ0n) is 14.2. The number of halogens is 2. The summed E-state index contributed by atoms with van der Waals surface area (Å²) in [4.78, 5) is 12.4. The number of nitrogens with zero attached hydrogens (tertiary/aromatic N) is 3. The van der Waals surface area contributed by atoms with Gasteiger partial charge in [-0.25, -0.2) is 0 Å². The summed E-state index contributed by atoms with van der Waals surface area (Å²) in [6, 6.07) is 14.4. The molecular formula is C19H17Cl2N3OS. The minimum absolute atomic E-state index is 0.0331. The number of Topliss-reactive ketones (excluding diaryl/α,β-unsaturated/α-hetero) is 1. The molecule has 0 unspecified atom stereocenters. The Kier molecular flexibility index (Phi) is 6.35. The lowest BCUT2D eigenvalue weighted by molar-refractivity contribution is 0.102. The first-order chi connectivity index (χ1) is 12.6. The van der Waals surface area contributed by atoms with Crippen LogP contribution < -0.4 is 0 Å². The molecule has 0 bridgehead atoms. The largest absolute Gasteiger partial charge is 0.302 e. The van der Waals surface area contributed by atoms with E-state index in [4.69, 9.17) is 23.2 Å². The van der Waals surface area contributed by atoms with E-state index in [2.05, 4.69) is 17.1 Å². The number of ketones is 1. The van der Waals surface area contributed by atoms with Crippen LogP contribution in [0.25, 0.3) is 11.4 Å². The highest BCUT2D eigenvalue weighted by Crippen LogP contribution is 2.26. The maximum absolute atomic E-state index is 12.4. The van der Waals surface area contributed by atoms with Crippen LogP contribution >= 0.6 is 35.0 Å². The smallest absolute Gasteiger partial charge is 0.191 e. The van der Waals surface area contributed by atoms with Gasteiger partial charge in [-0.2, -0.15) is 0 Å². The molecule has 0 aliphatic carbocycles. The first kappa shape index (κ1) is 19.0. The summed E-state index contributed by atoms with van der Waals surface area (Å²) in [6.45, 7) is 2.88. The number of hydrogen-bond donors (Lipinski definition) is 0. The molecule has 0 amide bonds. The van der Waals surface area contributed by atoms with Crippen molar-refractivity contribution < 1.29 is 4.79 Å². The standard InChI is InChI=1S/C19H17Cl2N3OS/c1-2-11-24-18(14-5-9-16(21)10-6-14)22-23-19(24)26-12-17(25)13-3-7-15(20)8-4-13/h3-10H,2,11-12H2,1H3. The van der Waals surface area contributed by atoms with Crippen LogP contribution in [0.1, 0.15) is 23.7 Å². The highest BCUT2D eigenvalue weighted by atomic mass is 35.5. The molecule has 134 valence electrons. The zero-order valence-corrected chi connectivity index (χ0v) is 16.5. The van der Waals surface area contributed by atoms with Crippen LogP contribution in [-0.4, -0.2) is 26.3 Å². The second kappa shape index (κ2) is 8.71. The van der Waals surface area contributed by atoms with Crippen LogP contribution in [0.5, 0.6) is 0 Å². The average Bonchev–Trinajstić information content (AvgIpc) is 3.04. The molecule has 0 atom stereocenters. The molecule has 0 fully saturated rings. The van der Waals surface area contributed by atoms with E-state index in [0.717, 1.165) is 29.5 Å². The molecule has 26 heavy (non-hydrogen) atoms. The summed E-state index contributed by atoms with van der Waals surface area (Å²) >= 11 is 13.2. The van der Waals surface area contributed by atoms with E-state index in [1.165, 1.54) is 11.8 Å². The van der Waals surface area contributed by atoms with E-state index >= 15 is 0 Å².